The number of hydrogen-bond donors (Lipinski definition) is 0. The molecular weight excluding hydrogens is 240 g/mol. The third kappa shape index (κ3) is 3.15. The van der Waals surface area contributed by atoms with Crippen LogP contribution in [0.2, 0.25) is 0 Å². The Balaban J connectivity index is 1.50. The Morgan fingerprint density at radius 2 is 1.25 bits per heavy atom. The van der Waals surface area contributed by atoms with Gasteiger partial charge in [-0.3, -0.25) is 0 Å². The third-order valence-corrected chi connectivity index (χ3v) is 6.76. The molecule has 0 radical (unpaired) electrons. The zero-order chi connectivity index (χ0) is 13.9. The highest BCUT2D eigenvalue weighted by Gasteiger charge is 2.45. The lowest BCUT2D eigenvalue weighted by Crippen LogP contribution is -2.25. The van der Waals surface area contributed by atoms with Crippen LogP contribution in [-0.2, 0) is 0 Å². The number of rotatable bonds is 5. The Labute approximate surface area is 126 Å². The lowest BCUT2D eigenvalue weighted by molar-refractivity contribution is 0.157. The van der Waals surface area contributed by atoms with Crippen LogP contribution in [0.5, 0.6) is 0 Å². The summed E-state index contributed by atoms with van der Waals surface area (Å²) < 4.78 is 0. The molecule has 0 saturated heterocycles. The molecule has 0 amide bonds. The molecule has 4 atom stereocenters. The fourth-order valence-corrected chi connectivity index (χ4v) is 5.99. The van der Waals surface area contributed by atoms with E-state index >= 15 is 0 Å². The summed E-state index contributed by atoms with van der Waals surface area (Å²) in [5.41, 5.74) is 0. The van der Waals surface area contributed by atoms with Crippen LogP contribution in [0.15, 0.2) is 12.2 Å². The average Bonchev–Trinajstić information content (AvgIpc) is 2.98. The number of fused-ring (bicyclic) bond motifs is 2. The second-order valence-electron chi connectivity index (χ2n) is 8.12. The van der Waals surface area contributed by atoms with Crippen molar-refractivity contribution in [1.82, 2.24) is 0 Å². The normalized spacial score (nSPS) is 43.9. The minimum atomic E-state index is 1.06. The zero-order valence-corrected chi connectivity index (χ0v) is 13.7. The summed E-state index contributed by atoms with van der Waals surface area (Å²) in [6.07, 6.45) is 19.8. The summed E-state index contributed by atoms with van der Waals surface area (Å²) in [5, 5.41) is 0. The van der Waals surface area contributed by atoms with Crippen LogP contribution in [0.25, 0.3) is 0 Å². The van der Waals surface area contributed by atoms with Crippen molar-refractivity contribution >= 4 is 0 Å². The quantitative estimate of drug-likeness (QED) is 0.522. The molecule has 0 aliphatic heterocycles. The van der Waals surface area contributed by atoms with Crippen molar-refractivity contribution in [1.29, 1.82) is 0 Å². The molecule has 0 N–H and O–H groups in total. The molecule has 3 saturated carbocycles. The molecule has 20 heavy (non-hydrogen) atoms. The average molecular weight is 274 g/mol. The van der Waals surface area contributed by atoms with Crippen LogP contribution in [-0.4, -0.2) is 0 Å². The molecule has 0 nitrogen and oxygen atoms in total. The van der Waals surface area contributed by atoms with Crippen molar-refractivity contribution in [2.24, 2.45) is 35.5 Å². The van der Waals surface area contributed by atoms with Gasteiger partial charge in [-0.05, 0) is 93.8 Å². The van der Waals surface area contributed by atoms with Gasteiger partial charge in [-0.1, -0.05) is 31.9 Å². The molecule has 0 spiro atoms. The monoisotopic (exact) mass is 274 g/mol. The molecule has 0 heteroatoms. The van der Waals surface area contributed by atoms with Gasteiger partial charge in [0.1, 0.15) is 0 Å². The van der Waals surface area contributed by atoms with E-state index in [0.717, 1.165) is 35.5 Å². The minimum absolute atomic E-state index is 1.06. The van der Waals surface area contributed by atoms with Crippen LogP contribution >= 0.6 is 0 Å². The molecule has 0 aromatic carbocycles. The Bertz CT molecular complexity index is 307. The second-order valence-corrected chi connectivity index (χ2v) is 8.12. The number of hydrogen-bond acceptors (Lipinski definition) is 0. The van der Waals surface area contributed by atoms with Gasteiger partial charge in [0.25, 0.3) is 0 Å². The smallest absolute Gasteiger partial charge is 0.0348 e. The first-order valence-electron chi connectivity index (χ1n) is 9.41. The van der Waals surface area contributed by atoms with E-state index in [1.165, 1.54) is 25.7 Å². The third-order valence-electron chi connectivity index (χ3n) is 6.76. The molecule has 0 bridgehead atoms. The Morgan fingerprint density at radius 3 is 1.70 bits per heavy atom. The molecule has 0 aromatic rings. The molecule has 3 aliphatic carbocycles. The van der Waals surface area contributed by atoms with Crippen LogP contribution in [0.3, 0.4) is 0 Å². The predicted octanol–water partition coefficient (Wildman–Crippen LogP) is 6.22. The van der Waals surface area contributed by atoms with E-state index in [1.807, 2.05) is 0 Å². The standard InChI is InChI=1S/C20H34/c1-3-5-6-8-16-11-19-13-17-9-15(7-4-2)10-18(17)14-20(19)12-16/h3,5,15-20H,4,6-14H2,1-2H3/b5-3+. The van der Waals surface area contributed by atoms with Crippen LogP contribution in [0.4, 0.5) is 0 Å². The van der Waals surface area contributed by atoms with Gasteiger partial charge in [0, 0.05) is 0 Å². The van der Waals surface area contributed by atoms with E-state index in [-0.39, 0.29) is 0 Å². The van der Waals surface area contributed by atoms with E-state index < -0.39 is 0 Å². The maximum atomic E-state index is 2.37. The Hall–Kier alpha value is -0.260. The largest absolute Gasteiger partial charge is 0.0917 e. The maximum absolute atomic E-state index is 2.37. The Morgan fingerprint density at radius 1 is 0.750 bits per heavy atom. The number of allylic oxidation sites excluding steroid dienone is 2. The van der Waals surface area contributed by atoms with Gasteiger partial charge in [0.15, 0.2) is 0 Å². The van der Waals surface area contributed by atoms with Gasteiger partial charge in [-0.15, -0.1) is 0 Å². The van der Waals surface area contributed by atoms with Gasteiger partial charge in [0.2, 0.25) is 0 Å². The first-order valence-corrected chi connectivity index (χ1v) is 9.41. The minimum Gasteiger partial charge on any atom is -0.0917 e. The van der Waals surface area contributed by atoms with Gasteiger partial charge < -0.3 is 0 Å². The second kappa shape index (κ2) is 6.67. The van der Waals surface area contributed by atoms with Crippen LogP contribution in [0, 0.1) is 35.5 Å². The maximum Gasteiger partial charge on any atom is -0.0348 e. The topological polar surface area (TPSA) is 0 Å². The summed E-state index contributed by atoms with van der Waals surface area (Å²) in [6.45, 7) is 4.52. The lowest BCUT2D eigenvalue weighted by Gasteiger charge is -2.34. The van der Waals surface area contributed by atoms with Gasteiger partial charge in [-0.2, -0.15) is 0 Å². The van der Waals surface area contributed by atoms with E-state index in [9.17, 15) is 0 Å². The van der Waals surface area contributed by atoms with E-state index in [4.69, 9.17) is 0 Å². The molecule has 3 aliphatic rings. The molecule has 4 unspecified atom stereocenters. The molecular formula is C20H34. The van der Waals surface area contributed by atoms with Gasteiger partial charge in [-0.25, -0.2) is 0 Å². The molecule has 3 fully saturated rings. The summed E-state index contributed by atoms with van der Waals surface area (Å²) >= 11 is 0. The molecule has 3 rings (SSSR count). The predicted molar refractivity (Wildman–Crippen MR) is 87.6 cm³/mol. The summed E-state index contributed by atoms with van der Waals surface area (Å²) in [5.74, 6) is 6.65. The Kier molecular flexibility index (Phi) is 4.89. The fourth-order valence-electron chi connectivity index (χ4n) is 5.99. The zero-order valence-electron chi connectivity index (χ0n) is 13.7. The van der Waals surface area contributed by atoms with Crippen LogP contribution < -0.4 is 0 Å². The van der Waals surface area contributed by atoms with E-state index in [2.05, 4.69) is 26.0 Å². The van der Waals surface area contributed by atoms with Crippen molar-refractivity contribution in [3.8, 4) is 0 Å². The van der Waals surface area contributed by atoms with Crippen molar-refractivity contribution < 1.29 is 0 Å². The van der Waals surface area contributed by atoms with Crippen LogP contribution in [0.1, 0.15) is 78.1 Å². The highest BCUT2D eigenvalue weighted by molar-refractivity contribution is 4.96. The lowest BCUT2D eigenvalue weighted by atomic mass is 9.71. The SMILES string of the molecule is C/C=C/CCC1CC2CC3CC(CCC)CC3CC2C1. The van der Waals surface area contributed by atoms with Crippen molar-refractivity contribution in [3.63, 3.8) is 0 Å². The van der Waals surface area contributed by atoms with Crippen molar-refractivity contribution in [3.05, 3.63) is 12.2 Å². The molecule has 114 valence electrons. The first-order chi connectivity index (χ1) is 9.80. The summed E-state index contributed by atoms with van der Waals surface area (Å²) in [7, 11) is 0. The van der Waals surface area contributed by atoms with E-state index in [0.29, 0.717) is 0 Å². The summed E-state index contributed by atoms with van der Waals surface area (Å²) in [4.78, 5) is 0. The molecule has 0 aromatic heterocycles. The van der Waals surface area contributed by atoms with Gasteiger partial charge in [0.05, 0.1) is 0 Å². The fraction of sp³-hybridized carbons (Fsp3) is 0.900. The first kappa shape index (κ1) is 14.7. The van der Waals surface area contributed by atoms with Crippen molar-refractivity contribution in [2.45, 2.75) is 78.1 Å². The highest BCUT2D eigenvalue weighted by atomic mass is 14.5. The summed E-state index contributed by atoms with van der Waals surface area (Å²) in [6, 6.07) is 0. The van der Waals surface area contributed by atoms with Crippen molar-refractivity contribution in [2.75, 3.05) is 0 Å². The highest BCUT2D eigenvalue weighted by Crippen LogP contribution is 2.56. The van der Waals surface area contributed by atoms with E-state index in [1.54, 1.807) is 38.5 Å². The van der Waals surface area contributed by atoms with Gasteiger partial charge >= 0.3 is 0 Å². The molecule has 0 heterocycles.